The molecule has 0 radical (unpaired) electrons. The van der Waals surface area contributed by atoms with Gasteiger partial charge in [0.2, 0.25) is 5.91 Å². The summed E-state index contributed by atoms with van der Waals surface area (Å²) in [6.07, 6.45) is 4.33. The van der Waals surface area contributed by atoms with Crippen molar-refractivity contribution in [2.45, 2.75) is 25.7 Å². The third-order valence-electron chi connectivity index (χ3n) is 3.74. The topological polar surface area (TPSA) is 93.2 Å². The molecule has 1 aliphatic heterocycles. The number of aromatic amines is 1. The summed E-state index contributed by atoms with van der Waals surface area (Å²) >= 11 is 0. The summed E-state index contributed by atoms with van der Waals surface area (Å²) < 4.78 is 6.26. The van der Waals surface area contributed by atoms with E-state index in [9.17, 15) is 14.4 Å². The zero-order valence-electron chi connectivity index (χ0n) is 12.2. The molecule has 0 spiro atoms. The largest absolute Gasteiger partial charge is 0.381 e. The van der Waals surface area contributed by atoms with Crippen molar-refractivity contribution in [2.75, 3.05) is 19.8 Å². The van der Waals surface area contributed by atoms with E-state index in [0.29, 0.717) is 18.0 Å². The Balaban J connectivity index is 1.75. The van der Waals surface area contributed by atoms with E-state index in [2.05, 4.69) is 10.3 Å². The SMILES string of the molecule is Cn1c(=O)[nH]cc(CC(=O)NCCC[C@@H]2CCOC2)c1=O. The number of amides is 1. The molecule has 2 rings (SSSR count). The van der Waals surface area contributed by atoms with Crippen LogP contribution in [0.2, 0.25) is 0 Å². The molecule has 1 aromatic heterocycles. The van der Waals surface area contributed by atoms with Crippen LogP contribution < -0.4 is 16.6 Å². The zero-order chi connectivity index (χ0) is 15.2. The highest BCUT2D eigenvalue weighted by Crippen LogP contribution is 2.17. The molecule has 116 valence electrons. The number of H-pyrrole nitrogens is 1. The molecular weight excluding hydrogens is 274 g/mol. The first-order valence-corrected chi connectivity index (χ1v) is 7.20. The molecule has 0 unspecified atom stereocenters. The summed E-state index contributed by atoms with van der Waals surface area (Å²) in [6.45, 7) is 2.26. The van der Waals surface area contributed by atoms with Crippen LogP contribution in [0, 0.1) is 5.92 Å². The van der Waals surface area contributed by atoms with Crippen molar-refractivity contribution in [3.05, 3.63) is 32.6 Å². The van der Waals surface area contributed by atoms with Gasteiger partial charge in [0.1, 0.15) is 0 Å². The first-order valence-electron chi connectivity index (χ1n) is 7.20. The first-order chi connectivity index (χ1) is 10.1. The highest BCUT2D eigenvalue weighted by atomic mass is 16.5. The standard InChI is InChI=1S/C14H21N3O4/c1-17-13(19)11(8-16-14(17)20)7-12(18)15-5-2-3-10-4-6-21-9-10/h8,10H,2-7,9H2,1H3,(H,15,18)(H,16,20)/t10-/m1/s1. The zero-order valence-corrected chi connectivity index (χ0v) is 12.2. The van der Waals surface area contributed by atoms with Crippen LogP contribution in [0.25, 0.3) is 0 Å². The Bertz CT molecular complexity index is 599. The number of carbonyl (C=O) groups is 1. The molecule has 0 bridgehead atoms. The lowest BCUT2D eigenvalue weighted by Gasteiger charge is -2.08. The van der Waals surface area contributed by atoms with Crippen molar-refractivity contribution in [1.82, 2.24) is 14.9 Å². The molecule has 7 nitrogen and oxygen atoms in total. The van der Waals surface area contributed by atoms with E-state index in [0.717, 1.165) is 37.0 Å². The molecule has 0 saturated carbocycles. The second kappa shape index (κ2) is 7.21. The number of hydrogen-bond donors (Lipinski definition) is 2. The fourth-order valence-corrected chi connectivity index (χ4v) is 2.41. The third-order valence-corrected chi connectivity index (χ3v) is 3.74. The van der Waals surface area contributed by atoms with Crippen LogP contribution in [0.5, 0.6) is 0 Å². The van der Waals surface area contributed by atoms with Crippen molar-refractivity contribution in [3.8, 4) is 0 Å². The number of hydrogen-bond acceptors (Lipinski definition) is 4. The van der Waals surface area contributed by atoms with Crippen molar-refractivity contribution < 1.29 is 9.53 Å². The number of nitrogens with zero attached hydrogens (tertiary/aromatic N) is 1. The molecule has 2 heterocycles. The van der Waals surface area contributed by atoms with Crippen LogP contribution in [0.4, 0.5) is 0 Å². The summed E-state index contributed by atoms with van der Waals surface area (Å²) in [5.41, 5.74) is -0.626. The van der Waals surface area contributed by atoms with Gasteiger partial charge in [0, 0.05) is 38.6 Å². The molecule has 1 fully saturated rings. The van der Waals surface area contributed by atoms with Crippen LogP contribution >= 0.6 is 0 Å². The van der Waals surface area contributed by atoms with Crippen molar-refractivity contribution in [3.63, 3.8) is 0 Å². The van der Waals surface area contributed by atoms with Crippen LogP contribution in [0.1, 0.15) is 24.8 Å². The minimum Gasteiger partial charge on any atom is -0.381 e. The third kappa shape index (κ3) is 4.29. The molecule has 1 saturated heterocycles. The Kier molecular flexibility index (Phi) is 5.32. The van der Waals surface area contributed by atoms with E-state index in [1.165, 1.54) is 13.2 Å². The summed E-state index contributed by atoms with van der Waals surface area (Å²) in [7, 11) is 1.38. The fraction of sp³-hybridized carbons (Fsp3) is 0.643. The summed E-state index contributed by atoms with van der Waals surface area (Å²) in [6, 6.07) is 0. The minimum absolute atomic E-state index is 0.0179. The van der Waals surface area contributed by atoms with Gasteiger partial charge in [-0.25, -0.2) is 4.79 Å². The molecule has 0 aliphatic carbocycles. The van der Waals surface area contributed by atoms with Gasteiger partial charge in [-0.05, 0) is 25.2 Å². The van der Waals surface area contributed by atoms with Crippen LogP contribution in [-0.2, 0) is 23.0 Å². The smallest absolute Gasteiger partial charge is 0.328 e. The Morgan fingerprint density at radius 1 is 1.52 bits per heavy atom. The lowest BCUT2D eigenvalue weighted by Crippen LogP contribution is -2.36. The molecule has 0 aromatic carbocycles. The molecule has 2 N–H and O–H groups in total. The van der Waals surface area contributed by atoms with Gasteiger partial charge in [0.15, 0.2) is 0 Å². The predicted octanol–water partition coefficient (Wildman–Crippen LogP) is -0.451. The average molecular weight is 295 g/mol. The highest BCUT2D eigenvalue weighted by Gasteiger charge is 2.15. The van der Waals surface area contributed by atoms with Gasteiger partial charge in [-0.3, -0.25) is 14.2 Å². The van der Waals surface area contributed by atoms with Crippen molar-refractivity contribution >= 4 is 5.91 Å². The lowest BCUT2D eigenvalue weighted by atomic mass is 10.0. The van der Waals surface area contributed by atoms with Gasteiger partial charge in [-0.1, -0.05) is 0 Å². The number of aromatic nitrogens is 2. The Morgan fingerprint density at radius 2 is 2.33 bits per heavy atom. The monoisotopic (exact) mass is 295 g/mol. The fourth-order valence-electron chi connectivity index (χ4n) is 2.41. The molecule has 1 aromatic rings. The van der Waals surface area contributed by atoms with Gasteiger partial charge in [0.25, 0.3) is 5.56 Å². The summed E-state index contributed by atoms with van der Waals surface area (Å²) in [4.78, 5) is 37.2. The molecule has 1 atom stereocenters. The van der Waals surface area contributed by atoms with E-state index in [1.54, 1.807) is 0 Å². The van der Waals surface area contributed by atoms with E-state index in [4.69, 9.17) is 4.74 Å². The number of ether oxygens (including phenoxy) is 1. The van der Waals surface area contributed by atoms with Gasteiger partial charge >= 0.3 is 5.69 Å². The molecular formula is C14H21N3O4. The van der Waals surface area contributed by atoms with Crippen LogP contribution in [0.3, 0.4) is 0 Å². The molecule has 7 heteroatoms. The Hall–Kier alpha value is -1.89. The van der Waals surface area contributed by atoms with Crippen LogP contribution in [0.15, 0.2) is 15.8 Å². The van der Waals surface area contributed by atoms with Crippen molar-refractivity contribution in [2.24, 2.45) is 13.0 Å². The maximum atomic E-state index is 11.8. The van der Waals surface area contributed by atoms with Gasteiger partial charge < -0.3 is 15.0 Å². The maximum absolute atomic E-state index is 11.8. The Morgan fingerprint density at radius 3 is 3.05 bits per heavy atom. The second-order valence-electron chi connectivity index (χ2n) is 5.38. The number of nitrogens with one attached hydrogen (secondary N) is 2. The molecule has 1 aliphatic rings. The summed E-state index contributed by atoms with van der Waals surface area (Å²) in [5.74, 6) is 0.398. The van der Waals surface area contributed by atoms with E-state index < -0.39 is 11.2 Å². The van der Waals surface area contributed by atoms with Gasteiger partial charge in [0.05, 0.1) is 6.42 Å². The molecule has 1 amide bonds. The summed E-state index contributed by atoms with van der Waals surface area (Å²) in [5, 5.41) is 2.80. The van der Waals surface area contributed by atoms with Crippen LogP contribution in [-0.4, -0.2) is 35.2 Å². The van der Waals surface area contributed by atoms with E-state index in [-0.39, 0.29) is 12.3 Å². The predicted molar refractivity (Wildman–Crippen MR) is 77.2 cm³/mol. The van der Waals surface area contributed by atoms with E-state index >= 15 is 0 Å². The quantitative estimate of drug-likeness (QED) is 0.695. The lowest BCUT2D eigenvalue weighted by molar-refractivity contribution is -0.120. The van der Waals surface area contributed by atoms with E-state index in [1.807, 2.05) is 0 Å². The first kappa shape index (κ1) is 15.5. The maximum Gasteiger partial charge on any atom is 0.328 e. The number of rotatable bonds is 6. The highest BCUT2D eigenvalue weighted by molar-refractivity contribution is 5.78. The normalized spacial score (nSPS) is 17.9. The van der Waals surface area contributed by atoms with Gasteiger partial charge in [-0.15, -0.1) is 0 Å². The van der Waals surface area contributed by atoms with Crippen molar-refractivity contribution in [1.29, 1.82) is 0 Å². The average Bonchev–Trinajstić information content (AvgIpc) is 2.98. The Labute approximate surface area is 122 Å². The van der Waals surface area contributed by atoms with Gasteiger partial charge in [-0.2, -0.15) is 0 Å². The molecule has 21 heavy (non-hydrogen) atoms. The minimum atomic E-state index is -0.483. The second-order valence-corrected chi connectivity index (χ2v) is 5.38. The number of carbonyl (C=O) groups excluding carboxylic acids is 1.